The van der Waals surface area contributed by atoms with E-state index in [1.807, 2.05) is 48.9 Å². The van der Waals surface area contributed by atoms with Gasteiger partial charge in [-0.2, -0.15) is 0 Å². The molecule has 0 N–H and O–H groups in total. The van der Waals surface area contributed by atoms with E-state index in [2.05, 4.69) is 4.98 Å². The molecule has 0 aliphatic rings. The van der Waals surface area contributed by atoms with Crippen molar-refractivity contribution in [3.8, 4) is 0 Å². The number of imidazole rings is 1. The summed E-state index contributed by atoms with van der Waals surface area (Å²) in [6.45, 7) is 4.95. The minimum Gasteiger partial charge on any atom is -0.459 e. The molecule has 130 valence electrons. The highest BCUT2D eigenvalue weighted by molar-refractivity contribution is 6.31. The van der Waals surface area contributed by atoms with E-state index in [0.29, 0.717) is 18.8 Å². The fourth-order valence-corrected chi connectivity index (χ4v) is 2.82. The quantitative estimate of drug-likeness (QED) is 0.663. The molecule has 0 aliphatic carbocycles. The lowest BCUT2D eigenvalue weighted by molar-refractivity contribution is 0.0650. The van der Waals surface area contributed by atoms with Gasteiger partial charge in [0.1, 0.15) is 5.82 Å². The van der Waals surface area contributed by atoms with E-state index in [1.54, 1.807) is 23.2 Å². The predicted molar refractivity (Wildman–Crippen MR) is 96.5 cm³/mol. The standard InChI is InChI=1S/C19H20ClN3O2/c1-14(2)23(19(24)17-8-5-11-25-17)13-18-21-9-10-22(18)12-15-6-3-4-7-16(15)20/h3-11,14H,12-13H2,1-2H3. The highest BCUT2D eigenvalue weighted by Crippen LogP contribution is 2.18. The zero-order chi connectivity index (χ0) is 17.8. The largest absolute Gasteiger partial charge is 0.459 e. The predicted octanol–water partition coefficient (Wildman–Crippen LogP) is 4.23. The Kier molecular flexibility index (Phi) is 5.24. The Morgan fingerprint density at radius 1 is 1.28 bits per heavy atom. The number of rotatable bonds is 6. The fraction of sp³-hybridized carbons (Fsp3) is 0.263. The summed E-state index contributed by atoms with van der Waals surface area (Å²) in [5.74, 6) is 0.985. The number of carbonyl (C=O) groups is 1. The van der Waals surface area contributed by atoms with Crippen LogP contribution in [0, 0.1) is 0 Å². The van der Waals surface area contributed by atoms with Crippen molar-refractivity contribution in [2.24, 2.45) is 0 Å². The van der Waals surface area contributed by atoms with E-state index in [4.69, 9.17) is 16.0 Å². The zero-order valence-corrected chi connectivity index (χ0v) is 15.0. The van der Waals surface area contributed by atoms with E-state index in [9.17, 15) is 4.79 Å². The van der Waals surface area contributed by atoms with Gasteiger partial charge in [-0.3, -0.25) is 4.79 Å². The van der Waals surface area contributed by atoms with Crippen LogP contribution in [0.4, 0.5) is 0 Å². The molecule has 1 aromatic carbocycles. The third kappa shape index (κ3) is 3.94. The van der Waals surface area contributed by atoms with Gasteiger partial charge in [0.05, 0.1) is 19.4 Å². The Hall–Kier alpha value is -2.53. The topological polar surface area (TPSA) is 51.3 Å². The lowest BCUT2D eigenvalue weighted by Gasteiger charge is -2.26. The van der Waals surface area contributed by atoms with Gasteiger partial charge in [-0.05, 0) is 37.6 Å². The maximum atomic E-state index is 12.7. The zero-order valence-electron chi connectivity index (χ0n) is 14.2. The second-order valence-corrected chi connectivity index (χ2v) is 6.47. The van der Waals surface area contributed by atoms with Crippen LogP contribution in [-0.2, 0) is 13.1 Å². The lowest BCUT2D eigenvalue weighted by Crippen LogP contribution is -2.37. The Morgan fingerprint density at radius 3 is 2.76 bits per heavy atom. The average Bonchev–Trinajstić information content (AvgIpc) is 3.26. The van der Waals surface area contributed by atoms with Gasteiger partial charge in [-0.1, -0.05) is 29.8 Å². The number of hydrogen-bond donors (Lipinski definition) is 0. The fourth-order valence-electron chi connectivity index (χ4n) is 2.63. The number of benzene rings is 1. The summed E-state index contributed by atoms with van der Waals surface area (Å²) >= 11 is 6.26. The molecular formula is C19H20ClN3O2. The van der Waals surface area contributed by atoms with E-state index >= 15 is 0 Å². The summed E-state index contributed by atoms with van der Waals surface area (Å²) in [7, 11) is 0. The van der Waals surface area contributed by atoms with Gasteiger partial charge >= 0.3 is 0 Å². The summed E-state index contributed by atoms with van der Waals surface area (Å²) in [5, 5.41) is 0.717. The number of aromatic nitrogens is 2. The molecule has 2 heterocycles. The van der Waals surface area contributed by atoms with Gasteiger partial charge in [0.25, 0.3) is 5.91 Å². The minimum absolute atomic E-state index is 0.0167. The molecule has 0 saturated heterocycles. The first kappa shape index (κ1) is 17.3. The Morgan fingerprint density at radius 2 is 2.08 bits per heavy atom. The molecule has 1 amide bonds. The van der Waals surface area contributed by atoms with E-state index in [0.717, 1.165) is 16.4 Å². The number of nitrogens with zero attached hydrogens (tertiary/aromatic N) is 3. The molecule has 0 aliphatic heterocycles. The molecule has 0 spiro atoms. The lowest BCUT2D eigenvalue weighted by atomic mass is 10.2. The number of amides is 1. The molecule has 3 aromatic rings. The first-order valence-corrected chi connectivity index (χ1v) is 8.52. The number of halogens is 1. The van der Waals surface area contributed by atoms with Crippen molar-refractivity contribution in [1.29, 1.82) is 0 Å². The van der Waals surface area contributed by atoms with Crippen LogP contribution in [0.2, 0.25) is 5.02 Å². The average molecular weight is 358 g/mol. The van der Waals surface area contributed by atoms with Crippen LogP contribution in [0.5, 0.6) is 0 Å². The second-order valence-electron chi connectivity index (χ2n) is 6.07. The van der Waals surface area contributed by atoms with Crippen LogP contribution in [0.15, 0.2) is 59.5 Å². The van der Waals surface area contributed by atoms with Gasteiger partial charge in [-0.25, -0.2) is 4.98 Å². The molecule has 0 bridgehead atoms. The van der Waals surface area contributed by atoms with Crippen molar-refractivity contribution in [2.45, 2.75) is 33.0 Å². The summed E-state index contributed by atoms with van der Waals surface area (Å²) in [6, 6.07) is 11.1. The van der Waals surface area contributed by atoms with Gasteiger partial charge in [0, 0.05) is 23.5 Å². The van der Waals surface area contributed by atoms with Crippen LogP contribution in [0.25, 0.3) is 0 Å². The maximum Gasteiger partial charge on any atom is 0.290 e. The molecule has 0 atom stereocenters. The van der Waals surface area contributed by atoms with Crippen molar-refractivity contribution in [3.63, 3.8) is 0 Å². The molecule has 2 aromatic heterocycles. The van der Waals surface area contributed by atoms with E-state index < -0.39 is 0 Å². The summed E-state index contributed by atoms with van der Waals surface area (Å²) in [4.78, 5) is 18.8. The molecule has 6 heteroatoms. The SMILES string of the molecule is CC(C)N(Cc1nccn1Cc1ccccc1Cl)C(=O)c1ccco1. The first-order valence-electron chi connectivity index (χ1n) is 8.14. The number of hydrogen-bond acceptors (Lipinski definition) is 3. The van der Waals surface area contributed by atoms with Crippen molar-refractivity contribution >= 4 is 17.5 Å². The maximum absolute atomic E-state index is 12.7. The second kappa shape index (κ2) is 7.57. The monoisotopic (exact) mass is 357 g/mol. The van der Waals surface area contributed by atoms with E-state index in [-0.39, 0.29) is 11.9 Å². The van der Waals surface area contributed by atoms with Gasteiger partial charge in [0.15, 0.2) is 5.76 Å². The van der Waals surface area contributed by atoms with Gasteiger partial charge in [0.2, 0.25) is 0 Å². The third-order valence-electron chi connectivity index (χ3n) is 4.03. The molecule has 0 fully saturated rings. The Balaban J connectivity index is 1.81. The van der Waals surface area contributed by atoms with Crippen LogP contribution in [0.1, 0.15) is 35.8 Å². The molecule has 0 radical (unpaired) electrons. The van der Waals surface area contributed by atoms with Crippen molar-refractivity contribution < 1.29 is 9.21 Å². The van der Waals surface area contributed by atoms with Crippen LogP contribution >= 0.6 is 11.6 Å². The molecule has 0 unspecified atom stereocenters. The Labute approximate surface area is 151 Å². The summed E-state index contributed by atoms with van der Waals surface area (Å²) < 4.78 is 7.26. The van der Waals surface area contributed by atoms with Gasteiger partial charge in [-0.15, -0.1) is 0 Å². The highest BCUT2D eigenvalue weighted by atomic mass is 35.5. The van der Waals surface area contributed by atoms with Crippen LogP contribution < -0.4 is 0 Å². The number of furan rings is 1. The molecule has 0 saturated carbocycles. The summed E-state index contributed by atoms with van der Waals surface area (Å²) in [5.41, 5.74) is 1.01. The normalized spacial score (nSPS) is 11.0. The molecular weight excluding hydrogens is 338 g/mol. The van der Waals surface area contributed by atoms with Crippen molar-refractivity contribution in [2.75, 3.05) is 0 Å². The molecule has 3 rings (SSSR count). The summed E-state index contributed by atoms with van der Waals surface area (Å²) in [6.07, 6.45) is 5.14. The van der Waals surface area contributed by atoms with Crippen LogP contribution in [0.3, 0.4) is 0 Å². The molecule has 25 heavy (non-hydrogen) atoms. The van der Waals surface area contributed by atoms with Crippen molar-refractivity contribution in [3.05, 3.63) is 77.2 Å². The van der Waals surface area contributed by atoms with Crippen LogP contribution in [-0.4, -0.2) is 26.4 Å². The number of carbonyl (C=O) groups excluding carboxylic acids is 1. The van der Waals surface area contributed by atoms with Gasteiger partial charge < -0.3 is 13.9 Å². The molecule has 5 nitrogen and oxygen atoms in total. The minimum atomic E-state index is -0.146. The van der Waals surface area contributed by atoms with Crippen molar-refractivity contribution in [1.82, 2.24) is 14.5 Å². The first-order chi connectivity index (χ1) is 12.1. The van der Waals surface area contributed by atoms with E-state index in [1.165, 1.54) is 6.26 Å². The highest BCUT2D eigenvalue weighted by Gasteiger charge is 2.23. The Bertz CT molecular complexity index is 840. The smallest absolute Gasteiger partial charge is 0.290 e. The third-order valence-corrected chi connectivity index (χ3v) is 4.40.